The summed E-state index contributed by atoms with van der Waals surface area (Å²) in [6, 6.07) is 7.83. The zero-order valence-electron chi connectivity index (χ0n) is 7.73. The van der Waals surface area contributed by atoms with E-state index in [1.807, 2.05) is 24.3 Å². The van der Waals surface area contributed by atoms with Crippen molar-refractivity contribution in [3.05, 3.63) is 28.7 Å². The van der Waals surface area contributed by atoms with Gasteiger partial charge in [-0.2, -0.15) is 0 Å². The zero-order valence-corrected chi connectivity index (χ0v) is 11.0. The van der Waals surface area contributed by atoms with Crippen molar-refractivity contribution in [2.24, 2.45) is 0 Å². The van der Waals surface area contributed by atoms with E-state index in [4.69, 9.17) is 0 Å². The maximum atomic E-state index is 10.9. The number of sulfone groups is 1. The molecule has 78 valence electrons. The van der Waals surface area contributed by atoms with Crippen molar-refractivity contribution in [3.63, 3.8) is 0 Å². The number of hydrogen-bond donors (Lipinski definition) is 0. The molecule has 0 unspecified atom stereocenters. The first-order valence-corrected chi connectivity index (χ1v) is 7.87. The highest BCUT2D eigenvalue weighted by Gasteiger charge is 2.02. The van der Waals surface area contributed by atoms with Crippen LogP contribution in [0.4, 0.5) is 0 Å². The maximum Gasteiger partial charge on any atom is 0.148 e. The molecule has 0 heterocycles. The van der Waals surface area contributed by atoms with Crippen molar-refractivity contribution in [2.45, 2.75) is 4.90 Å². The number of rotatable bonds is 4. The normalized spacial score (nSPS) is 11.6. The summed E-state index contributed by atoms with van der Waals surface area (Å²) in [7, 11) is -2.84. The molecule has 0 aromatic heterocycles. The average Bonchev–Trinajstić information content (AvgIpc) is 2.01. The van der Waals surface area contributed by atoms with Gasteiger partial charge in [-0.1, -0.05) is 22.0 Å². The molecule has 1 rings (SSSR count). The van der Waals surface area contributed by atoms with Gasteiger partial charge < -0.3 is 0 Å². The highest BCUT2D eigenvalue weighted by molar-refractivity contribution is 9.10. The Morgan fingerprint density at radius 1 is 1.43 bits per heavy atom. The summed E-state index contributed by atoms with van der Waals surface area (Å²) in [5.74, 6) is 0.833. The van der Waals surface area contributed by atoms with E-state index < -0.39 is 9.84 Å². The molecule has 0 bridgehead atoms. The molecule has 14 heavy (non-hydrogen) atoms. The molecule has 0 saturated carbocycles. The van der Waals surface area contributed by atoms with Crippen LogP contribution in [0.2, 0.25) is 0 Å². The smallest absolute Gasteiger partial charge is 0.148 e. The molecule has 0 aliphatic rings. The molecule has 0 N–H and O–H groups in total. The molecule has 0 amide bonds. The van der Waals surface area contributed by atoms with Gasteiger partial charge in [-0.05, 0) is 18.2 Å². The van der Waals surface area contributed by atoms with Gasteiger partial charge in [-0.15, -0.1) is 11.8 Å². The van der Waals surface area contributed by atoms with Crippen molar-refractivity contribution in [1.29, 1.82) is 0 Å². The predicted octanol–water partition coefficient (Wildman–Crippen LogP) is 2.59. The van der Waals surface area contributed by atoms with Gasteiger partial charge in [-0.3, -0.25) is 0 Å². The van der Waals surface area contributed by atoms with Gasteiger partial charge >= 0.3 is 0 Å². The Morgan fingerprint density at radius 3 is 2.71 bits per heavy atom. The number of halogens is 1. The third-order valence-corrected chi connectivity index (χ3v) is 4.21. The molecule has 2 nitrogen and oxygen atoms in total. The summed E-state index contributed by atoms with van der Waals surface area (Å²) in [5, 5.41) is 0. The lowest BCUT2D eigenvalue weighted by Gasteiger charge is -2.00. The van der Waals surface area contributed by atoms with Crippen molar-refractivity contribution < 1.29 is 8.42 Å². The summed E-state index contributed by atoms with van der Waals surface area (Å²) in [6.07, 6.45) is 1.26. The molecule has 0 radical (unpaired) electrons. The minimum Gasteiger partial charge on any atom is -0.229 e. The molecule has 1 aromatic rings. The van der Waals surface area contributed by atoms with E-state index in [0.29, 0.717) is 5.75 Å². The minimum absolute atomic E-state index is 0.226. The fourth-order valence-corrected chi connectivity index (χ4v) is 3.58. The lowest BCUT2D eigenvalue weighted by Crippen LogP contribution is -2.04. The highest BCUT2D eigenvalue weighted by atomic mass is 79.9. The molecule has 0 aliphatic heterocycles. The Bertz CT molecular complexity index is 401. The first-order chi connectivity index (χ1) is 6.47. The molecule has 0 aliphatic carbocycles. The van der Waals surface area contributed by atoms with Crippen LogP contribution in [0.1, 0.15) is 0 Å². The zero-order chi connectivity index (χ0) is 10.6. The third-order valence-electron chi connectivity index (χ3n) is 1.52. The van der Waals surface area contributed by atoms with Crippen LogP contribution in [0.25, 0.3) is 0 Å². The Balaban J connectivity index is 2.47. The molecule has 0 spiro atoms. The van der Waals surface area contributed by atoms with Gasteiger partial charge in [0.1, 0.15) is 9.84 Å². The summed E-state index contributed by atoms with van der Waals surface area (Å²) in [6.45, 7) is 0. The molecule has 0 atom stereocenters. The second kappa shape index (κ2) is 5.19. The SMILES string of the molecule is CS(=O)(=O)CCSc1cccc(Br)c1. The maximum absolute atomic E-state index is 10.9. The van der Waals surface area contributed by atoms with Gasteiger partial charge in [0.05, 0.1) is 5.75 Å². The lowest BCUT2D eigenvalue weighted by atomic mass is 10.4. The van der Waals surface area contributed by atoms with Crippen LogP contribution in [0.15, 0.2) is 33.6 Å². The minimum atomic E-state index is -2.84. The highest BCUT2D eigenvalue weighted by Crippen LogP contribution is 2.21. The van der Waals surface area contributed by atoms with Crippen LogP contribution in [0.3, 0.4) is 0 Å². The molecule has 5 heteroatoms. The Morgan fingerprint density at radius 2 is 2.14 bits per heavy atom. The van der Waals surface area contributed by atoms with Crippen molar-refractivity contribution >= 4 is 37.5 Å². The number of thioether (sulfide) groups is 1. The third kappa shape index (κ3) is 5.02. The first-order valence-electron chi connectivity index (χ1n) is 4.03. The molecule has 0 saturated heterocycles. The molecule has 1 aromatic carbocycles. The second-order valence-electron chi connectivity index (χ2n) is 2.94. The Labute approximate surface area is 97.1 Å². The average molecular weight is 295 g/mol. The van der Waals surface area contributed by atoms with E-state index in [-0.39, 0.29) is 5.75 Å². The van der Waals surface area contributed by atoms with E-state index in [9.17, 15) is 8.42 Å². The lowest BCUT2D eigenvalue weighted by molar-refractivity contribution is 0.603. The number of benzene rings is 1. The van der Waals surface area contributed by atoms with Gasteiger partial charge in [0, 0.05) is 21.4 Å². The van der Waals surface area contributed by atoms with Crippen LogP contribution in [0, 0.1) is 0 Å². The molecule has 0 fully saturated rings. The van der Waals surface area contributed by atoms with E-state index in [1.165, 1.54) is 6.26 Å². The van der Waals surface area contributed by atoms with Crippen molar-refractivity contribution in [1.82, 2.24) is 0 Å². The number of hydrogen-bond acceptors (Lipinski definition) is 3. The van der Waals surface area contributed by atoms with Crippen molar-refractivity contribution in [3.8, 4) is 0 Å². The van der Waals surface area contributed by atoms with E-state index >= 15 is 0 Å². The fraction of sp³-hybridized carbons (Fsp3) is 0.333. The topological polar surface area (TPSA) is 34.1 Å². The van der Waals surface area contributed by atoms with E-state index in [1.54, 1.807) is 11.8 Å². The quantitative estimate of drug-likeness (QED) is 0.801. The van der Waals surface area contributed by atoms with Gasteiger partial charge in [0.15, 0.2) is 0 Å². The van der Waals surface area contributed by atoms with Gasteiger partial charge in [0.25, 0.3) is 0 Å². The van der Waals surface area contributed by atoms with E-state index in [0.717, 1.165) is 9.37 Å². The summed E-state index contributed by atoms with van der Waals surface area (Å²) in [5.41, 5.74) is 0. The molecular formula is C9H11BrO2S2. The van der Waals surface area contributed by atoms with E-state index in [2.05, 4.69) is 15.9 Å². The summed E-state index contributed by atoms with van der Waals surface area (Å²) >= 11 is 4.91. The molecular weight excluding hydrogens is 284 g/mol. The monoisotopic (exact) mass is 294 g/mol. The van der Waals surface area contributed by atoms with Gasteiger partial charge in [0.2, 0.25) is 0 Å². The standard InChI is InChI=1S/C9H11BrO2S2/c1-14(11,12)6-5-13-9-4-2-3-8(10)7-9/h2-4,7H,5-6H2,1H3. The first kappa shape index (κ1) is 12.1. The Kier molecular flexibility index (Phi) is 4.47. The van der Waals surface area contributed by atoms with Crippen LogP contribution < -0.4 is 0 Å². The summed E-state index contributed by atoms with van der Waals surface area (Å²) < 4.78 is 22.7. The summed E-state index contributed by atoms with van der Waals surface area (Å²) in [4.78, 5) is 1.09. The predicted molar refractivity (Wildman–Crippen MR) is 64.6 cm³/mol. The van der Waals surface area contributed by atoms with Crippen LogP contribution in [-0.4, -0.2) is 26.2 Å². The Hall–Kier alpha value is -0.000000000000000111. The van der Waals surface area contributed by atoms with Gasteiger partial charge in [-0.25, -0.2) is 8.42 Å². The second-order valence-corrected chi connectivity index (χ2v) is 7.28. The largest absolute Gasteiger partial charge is 0.229 e. The van der Waals surface area contributed by atoms with Crippen LogP contribution in [0.5, 0.6) is 0 Å². The van der Waals surface area contributed by atoms with Crippen LogP contribution in [-0.2, 0) is 9.84 Å². The fourth-order valence-electron chi connectivity index (χ4n) is 0.868. The van der Waals surface area contributed by atoms with Crippen LogP contribution >= 0.6 is 27.7 Å². The van der Waals surface area contributed by atoms with Crippen molar-refractivity contribution in [2.75, 3.05) is 17.8 Å².